The fraction of sp³-hybridized carbons (Fsp3) is 0.400. The number of fused-ring (bicyclic) bond motifs is 3. The number of amides is 1. The van der Waals surface area contributed by atoms with Gasteiger partial charge >= 0.3 is 0 Å². The number of ether oxygens (including phenoxy) is 1. The Kier molecular flexibility index (Phi) is 5.61. The van der Waals surface area contributed by atoms with Gasteiger partial charge in [0, 0.05) is 30.3 Å². The molecular formula is C25H30N2O2. The fourth-order valence-electron chi connectivity index (χ4n) is 4.69. The van der Waals surface area contributed by atoms with Crippen LogP contribution in [0.3, 0.4) is 0 Å². The van der Waals surface area contributed by atoms with Gasteiger partial charge in [-0.2, -0.15) is 0 Å². The maximum absolute atomic E-state index is 12.8. The molecule has 0 fully saturated rings. The van der Waals surface area contributed by atoms with E-state index in [9.17, 15) is 4.79 Å². The van der Waals surface area contributed by atoms with Crippen molar-refractivity contribution >= 4 is 11.6 Å². The van der Waals surface area contributed by atoms with Crippen molar-refractivity contribution in [3.05, 3.63) is 71.3 Å². The van der Waals surface area contributed by atoms with E-state index in [-0.39, 0.29) is 11.9 Å². The first-order valence-corrected chi connectivity index (χ1v) is 10.7. The van der Waals surface area contributed by atoms with Crippen LogP contribution in [0, 0.1) is 5.92 Å². The van der Waals surface area contributed by atoms with E-state index >= 15 is 0 Å². The maximum Gasteiger partial charge on any atom is 0.253 e. The average Bonchev–Trinajstić information content (AvgIpc) is 3.25. The summed E-state index contributed by atoms with van der Waals surface area (Å²) in [5, 5.41) is 3.75. The molecule has 0 saturated heterocycles. The van der Waals surface area contributed by atoms with Crippen molar-refractivity contribution < 1.29 is 9.53 Å². The van der Waals surface area contributed by atoms with Crippen molar-refractivity contribution in [1.29, 1.82) is 0 Å². The van der Waals surface area contributed by atoms with Gasteiger partial charge in [0.2, 0.25) is 0 Å². The SMILES string of the molecule is CCOc1ccc(C2Nc3ccc(C(=O)N(CC)CC)cc3C3C=CCC32)cc1. The van der Waals surface area contributed by atoms with Crippen LogP contribution in [0.4, 0.5) is 5.69 Å². The van der Waals surface area contributed by atoms with E-state index in [0.717, 1.165) is 36.5 Å². The van der Waals surface area contributed by atoms with Crippen LogP contribution in [0.15, 0.2) is 54.6 Å². The molecule has 0 spiro atoms. The van der Waals surface area contributed by atoms with Crippen molar-refractivity contribution in [3.8, 4) is 5.75 Å². The summed E-state index contributed by atoms with van der Waals surface area (Å²) in [6.07, 6.45) is 5.65. The second-order valence-corrected chi connectivity index (χ2v) is 7.76. The summed E-state index contributed by atoms with van der Waals surface area (Å²) in [4.78, 5) is 14.7. The lowest BCUT2D eigenvalue weighted by Gasteiger charge is -2.38. The highest BCUT2D eigenvalue weighted by Crippen LogP contribution is 2.50. The largest absolute Gasteiger partial charge is 0.494 e. The number of rotatable bonds is 6. The minimum atomic E-state index is 0.116. The lowest BCUT2D eigenvalue weighted by molar-refractivity contribution is 0.0773. The topological polar surface area (TPSA) is 41.6 Å². The Bertz CT molecular complexity index is 900. The van der Waals surface area contributed by atoms with Crippen LogP contribution >= 0.6 is 0 Å². The Morgan fingerprint density at radius 3 is 2.55 bits per heavy atom. The van der Waals surface area contributed by atoms with Gasteiger partial charge < -0.3 is 15.0 Å². The van der Waals surface area contributed by atoms with Gasteiger partial charge in [0.15, 0.2) is 0 Å². The minimum absolute atomic E-state index is 0.116. The number of anilines is 1. The summed E-state index contributed by atoms with van der Waals surface area (Å²) in [7, 11) is 0. The molecule has 4 nitrogen and oxygen atoms in total. The Morgan fingerprint density at radius 2 is 1.86 bits per heavy atom. The van der Waals surface area contributed by atoms with Crippen molar-refractivity contribution in [2.45, 2.75) is 39.2 Å². The number of hydrogen-bond acceptors (Lipinski definition) is 3. The second kappa shape index (κ2) is 8.32. The van der Waals surface area contributed by atoms with Crippen molar-refractivity contribution in [2.75, 3.05) is 25.0 Å². The van der Waals surface area contributed by atoms with Gasteiger partial charge in [-0.1, -0.05) is 24.3 Å². The Hall–Kier alpha value is -2.75. The molecule has 0 aromatic heterocycles. The standard InChI is InChI=1S/C25H30N2O2/c1-4-27(5-2)25(28)18-12-15-23-22(16-18)20-8-7-9-21(20)24(26-23)17-10-13-19(14-11-17)29-6-3/h7-8,10-16,20-21,24,26H,4-6,9H2,1-3H3. The summed E-state index contributed by atoms with van der Waals surface area (Å²) in [6.45, 7) is 8.20. The first-order chi connectivity index (χ1) is 14.2. The number of carbonyl (C=O) groups is 1. The molecule has 152 valence electrons. The van der Waals surface area contributed by atoms with Crippen molar-refractivity contribution in [3.63, 3.8) is 0 Å². The summed E-state index contributed by atoms with van der Waals surface area (Å²) in [5.41, 5.74) is 4.44. The number of nitrogens with zero attached hydrogens (tertiary/aromatic N) is 1. The summed E-state index contributed by atoms with van der Waals surface area (Å²) in [5.74, 6) is 1.82. The maximum atomic E-state index is 12.8. The van der Waals surface area contributed by atoms with Gasteiger partial charge in [0.25, 0.3) is 5.91 Å². The molecule has 4 rings (SSSR count). The average molecular weight is 391 g/mol. The zero-order chi connectivity index (χ0) is 20.4. The first-order valence-electron chi connectivity index (χ1n) is 10.7. The Balaban J connectivity index is 1.64. The lowest BCUT2D eigenvalue weighted by Crippen LogP contribution is -2.32. The molecule has 1 aliphatic carbocycles. The van der Waals surface area contributed by atoms with E-state index < -0.39 is 0 Å². The summed E-state index contributed by atoms with van der Waals surface area (Å²) < 4.78 is 5.60. The van der Waals surface area contributed by atoms with Gasteiger partial charge in [0.1, 0.15) is 5.75 Å². The van der Waals surface area contributed by atoms with E-state index in [1.54, 1.807) is 0 Å². The lowest BCUT2D eigenvalue weighted by atomic mass is 9.76. The van der Waals surface area contributed by atoms with E-state index in [1.165, 1.54) is 11.1 Å². The van der Waals surface area contributed by atoms with Crippen LogP contribution in [0.25, 0.3) is 0 Å². The molecule has 3 atom stereocenters. The molecule has 2 aromatic carbocycles. The van der Waals surface area contributed by atoms with Gasteiger partial charge in [-0.3, -0.25) is 4.79 Å². The molecule has 1 N–H and O–H groups in total. The predicted octanol–water partition coefficient (Wildman–Crippen LogP) is 5.39. The quantitative estimate of drug-likeness (QED) is 0.672. The fourth-order valence-corrected chi connectivity index (χ4v) is 4.69. The third-order valence-corrected chi connectivity index (χ3v) is 6.21. The second-order valence-electron chi connectivity index (χ2n) is 7.76. The predicted molar refractivity (Wildman–Crippen MR) is 118 cm³/mol. The van der Waals surface area contributed by atoms with Crippen LogP contribution in [-0.4, -0.2) is 30.5 Å². The normalized spacial score (nSPS) is 21.8. The van der Waals surface area contributed by atoms with Crippen LogP contribution in [-0.2, 0) is 0 Å². The minimum Gasteiger partial charge on any atom is -0.494 e. The molecule has 1 aliphatic heterocycles. The molecule has 2 aliphatic rings. The molecule has 2 aromatic rings. The molecule has 29 heavy (non-hydrogen) atoms. The Morgan fingerprint density at radius 1 is 1.10 bits per heavy atom. The number of allylic oxidation sites excluding steroid dienone is 2. The summed E-state index contributed by atoms with van der Waals surface area (Å²) in [6, 6.07) is 14.8. The van der Waals surface area contributed by atoms with E-state index in [1.807, 2.05) is 31.7 Å². The highest BCUT2D eigenvalue weighted by molar-refractivity contribution is 5.95. The van der Waals surface area contributed by atoms with E-state index in [2.05, 4.69) is 53.9 Å². The first kappa shape index (κ1) is 19.6. The zero-order valence-electron chi connectivity index (χ0n) is 17.5. The molecular weight excluding hydrogens is 360 g/mol. The highest BCUT2D eigenvalue weighted by Gasteiger charge is 2.38. The molecule has 4 heteroatoms. The van der Waals surface area contributed by atoms with E-state index in [4.69, 9.17) is 4.74 Å². The van der Waals surface area contributed by atoms with Crippen LogP contribution in [0.1, 0.15) is 60.6 Å². The number of benzene rings is 2. The smallest absolute Gasteiger partial charge is 0.253 e. The molecule has 0 bridgehead atoms. The van der Waals surface area contributed by atoms with Gasteiger partial charge in [-0.15, -0.1) is 0 Å². The molecule has 1 amide bonds. The Labute approximate surface area is 173 Å². The molecule has 0 radical (unpaired) electrons. The third-order valence-electron chi connectivity index (χ3n) is 6.21. The summed E-state index contributed by atoms with van der Waals surface area (Å²) >= 11 is 0. The van der Waals surface area contributed by atoms with Crippen molar-refractivity contribution in [2.24, 2.45) is 5.92 Å². The highest BCUT2D eigenvalue weighted by atomic mass is 16.5. The molecule has 0 saturated carbocycles. The molecule has 1 heterocycles. The van der Waals surface area contributed by atoms with Gasteiger partial charge in [0.05, 0.1) is 12.6 Å². The van der Waals surface area contributed by atoms with Gasteiger partial charge in [-0.25, -0.2) is 0 Å². The van der Waals surface area contributed by atoms with Crippen molar-refractivity contribution in [1.82, 2.24) is 4.90 Å². The third kappa shape index (κ3) is 3.64. The van der Waals surface area contributed by atoms with E-state index in [0.29, 0.717) is 18.4 Å². The number of nitrogens with one attached hydrogen (secondary N) is 1. The monoisotopic (exact) mass is 390 g/mol. The number of hydrogen-bond donors (Lipinski definition) is 1. The number of carbonyl (C=O) groups excluding carboxylic acids is 1. The molecule has 3 unspecified atom stereocenters. The van der Waals surface area contributed by atoms with Crippen LogP contribution in [0.2, 0.25) is 0 Å². The zero-order valence-corrected chi connectivity index (χ0v) is 17.5. The van der Waals surface area contributed by atoms with Gasteiger partial charge in [-0.05, 0) is 74.6 Å². The van der Waals surface area contributed by atoms with Crippen LogP contribution < -0.4 is 10.1 Å². The van der Waals surface area contributed by atoms with Crippen LogP contribution in [0.5, 0.6) is 5.75 Å².